The predicted octanol–water partition coefficient (Wildman–Crippen LogP) is 5.40. The van der Waals surface area contributed by atoms with Crippen LogP contribution in [0.5, 0.6) is 0 Å². The summed E-state index contributed by atoms with van der Waals surface area (Å²) in [6.45, 7) is 1.77. The van der Waals surface area contributed by atoms with E-state index < -0.39 is 0 Å². The molecule has 5 nitrogen and oxygen atoms in total. The van der Waals surface area contributed by atoms with E-state index in [1.165, 1.54) is 6.07 Å². The van der Waals surface area contributed by atoms with Gasteiger partial charge in [0.05, 0.1) is 16.3 Å². The second kappa shape index (κ2) is 9.37. The Hall–Kier alpha value is -3.15. The molecule has 0 atom stereocenters. The lowest BCUT2D eigenvalue weighted by Gasteiger charge is -2.09. The van der Waals surface area contributed by atoms with Crippen LogP contribution in [0.1, 0.15) is 33.2 Å². The van der Waals surface area contributed by atoms with Crippen LogP contribution in [0.3, 0.4) is 0 Å². The van der Waals surface area contributed by atoms with Gasteiger partial charge in [0, 0.05) is 16.3 Å². The standard InChI is InChI=1S/C22H17Cl2N3O2/c1-14(26-27-21(28)15-6-3-2-4-7-15)16-8-5-9-18(12-16)25-22(29)19-11-10-17(23)13-20(19)24/h2-13H,1H3,(H,25,29)(H,27,28)/b26-14-. The molecule has 0 saturated heterocycles. The maximum atomic E-state index is 12.5. The van der Waals surface area contributed by atoms with Crippen molar-refractivity contribution in [2.24, 2.45) is 5.10 Å². The van der Waals surface area contributed by atoms with Gasteiger partial charge in [0.15, 0.2) is 0 Å². The molecule has 0 aliphatic heterocycles. The smallest absolute Gasteiger partial charge is 0.271 e. The van der Waals surface area contributed by atoms with Crippen molar-refractivity contribution in [2.75, 3.05) is 5.32 Å². The molecule has 0 aliphatic rings. The van der Waals surface area contributed by atoms with Gasteiger partial charge in [-0.1, -0.05) is 53.5 Å². The molecule has 2 amide bonds. The number of amides is 2. The lowest BCUT2D eigenvalue weighted by Crippen LogP contribution is -2.19. The summed E-state index contributed by atoms with van der Waals surface area (Å²) in [6, 6.07) is 20.6. The maximum Gasteiger partial charge on any atom is 0.271 e. The molecule has 2 N–H and O–H groups in total. The first kappa shape index (κ1) is 20.6. The minimum Gasteiger partial charge on any atom is -0.322 e. The van der Waals surface area contributed by atoms with Crippen molar-refractivity contribution in [3.63, 3.8) is 0 Å². The monoisotopic (exact) mass is 425 g/mol. The van der Waals surface area contributed by atoms with Gasteiger partial charge in [-0.2, -0.15) is 5.10 Å². The molecule has 7 heteroatoms. The molecule has 29 heavy (non-hydrogen) atoms. The minimum absolute atomic E-state index is 0.271. The Labute approximate surface area is 178 Å². The van der Waals surface area contributed by atoms with Crippen LogP contribution < -0.4 is 10.7 Å². The first-order chi connectivity index (χ1) is 13.9. The molecule has 146 valence electrons. The number of rotatable bonds is 5. The van der Waals surface area contributed by atoms with E-state index in [4.69, 9.17) is 23.2 Å². The molecule has 0 aliphatic carbocycles. The Morgan fingerprint density at radius 3 is 2.28 bits per heavy atom. The molecular formula is C22H17Cl2N3O2. The number of hydrazone groups is 1. The van der Waals surface area contributed by atoms with Crippen molar-refractivity contribution >= 4 is 46.4 Å². The number of nitrogens with one attached hydrogen (secondary N) is 2. The summed E-state index contributed by atoms with van der Waals surface area (Å²) < 4.78 is 0. The highest BCUT2D eigenvalue weighted by atomic mass is 35.5. The zero-order valence-electron chi connectivity index (χ0n) is 15.4. The second-order valence-electron chi connectivity index (χ2n) is 6.16. The average molecular weight is 426 g/mol. The molecular weight excluding hydrogens is 409 g/mol. The zero-order chi connectivity index (χ0) is 20.8. The van der Waals surface area contributed by atoms with E-state index in [1.807, 2.05) is 12.1 Å². The second-order valence-corrected chi connectivity index (χ2v) is 7.01. The van der Waals surface area contributed by atoms with Crippen molar-refractivity contribution in [2.45, 2.75) is 6.92 Å². The SMILES string of the molecule is C/C(=N/NC(=O)c1ccccc1)c1cccc(NC(=O)c2ccc(Cl)cc2Cl)c1. The Morgan fingerprint density at radius 1 is 0.828 bits per heavy atom. The largest absolute Gasteiger partial charge is 0.322 e. The van der Waals surface area contributed by atoms with E-state index in [-0.39, 0.29) is 16.8 Å². The molecule has 3 aromatic rings. The Bertz CT molecular complexity index is 1080. The van der Waals surface area contributed by atoms with Crippen molar-refractivity contribution in [3.05, 3.63) is 99.5 Å². The molecule has 0 saturated carbocycles. The number of hydrogen-bond acceptors (Lipinski definition) is 3. The molecule has 0 spiro atoms. The van der Waals surface area contributed by atoms with Crippen molar-refractivity contribution in [1.82, 2.24) is 5.43 Å². The number of carbonyl (C=O) groups is 2. The van der Waals surface area contributed by atoms with Gasteiger partial charge >= 0.3 is 0 Å². The Morgan fingerprint density at radius 2 is 1.55 bits per heavy atom. The van der Waals surface area contributed by atoms with Crippen LogP contribution in [0, 0.1) is 0 Å². The van der Waals surface area contributed by atoms with Crippen LogP contribution in [0.4, 0.5) is 5.69 Å². The van der Waals surface area contributed by atoms with Gasteiger partial charge in [-0.15, -0.1) is 0 Å². The Kier molecular flexibility index (Phi) is 6.65. The zero-order valence-corrected chi connectivity index (χ0v) is 17.0. The fourth-order valence-corrected chi connectivity index (χ4v) is 3.04. The van der Waals surface area contributed by atoms with Crippen LogP contribution in [0.2, 0.25) is 10.0 Å². The number of nitrogens with zero attached hydrogens (tertiary/aromatic N) is 1. The van der Waals surface area contributed by atoms with Crippen molar-refractivity contribution < 1.29 is 9.59 Å². The van der Waals surface area contributed by atoms with Gasteiger partial charge in [-0.3, -0.25) is 9.59 Å². The highest BCUT2D eigenvalue weighted by Crippen LogP contribution is 2.22. The summed E-state index contributed by atoms with van der Waals surface area (Å²) in [7, 11) is 0. The first-order valence-corrected chi connectivity index (χ1v) is 9.46. The van der Waals surface area contributed by atoms with Gasteiger partial charge in [-0.25, -0.2) is 5.43 Å². The van der Waals surface area contributed by atoms with E-state index in [9.17, 15) is 9.59 Å². The number of halogens is 2. The normalized spacial score (nSPS) is 11.1. The summed E-state index contributed by atoms with van der Waals surface area (Å²) in [5, 5.41) is 7.66. The van der Waals surface area contributed by atoms with Gasteiger partial charge in [0.2, 0.25) is 0 Å². The third-order valence-electron chi connectivity index (χ3n) is 4.08. The molecule has 3 rings (SSSR count). The van der Waals surface area contributed by atoms with E-state index in [2.05, 4.69) is 15.8 Å². The highest BCUT2D eigenvalue weighted by molar-refractivity contribution is 6.37. The minimum atomic E-state index is -0.351. The van der Waals surface area contributed by atoms with Gasteiger partial charge in [-0.05, 0) is 55.0 Å². The van der Waals surface area contributed by atoms with Gasteiger partial charge in [0.25, 0.3) is 11.8 Å². The third-order valence-corrected chi connectivity index (χ3v) is 4.62. The fraction of sp³-hybridized carbons (Fsp3) is 0.0455. The summed E-state index contributed by atoms with van der Waals surface area (Å²) >= 11 is 12.0. The first-order valence-electron chi connectivity index (χ1n) is 8.70. The quantitative estimate of drug-likeness (QED) is 0.424. The topological polar surface area (TPSA) is 70.6 Å². The van der Waals surface area contributed by atoms with Crippen molar-refractivity contribution in [3.8, 4) is 0 Å². The molecule has 3 aromatic carbocycles. The lowest BCUT2D eigenvalue weighted by molar-refractivity contribution is 0.0954. The van der Waals surface area contributed by atoms with Crippen LogP contribution in [0.25, 0.3) is 0 Å². The van der Waals surface area contributed by atoms with Crippen LogP contribution >= 0.6 is 23.2 Å². The van der Waals surface area contributed by atoms with Crippen molar-refractivity contribution in [1.29, 1.82) is 0 Å². The Balaban J connectivity index is 1.71. The van der Waals surface area contributed by atoms with Crippen LogP contribution in [-0.2, 0) is 0 Å². The summed E-state index contributed by atoms with van der Waals surface area (Å²) in [6.07, 6.45) is 0. The number of carbonyl (C=O) groups excluding carboxylic acids is 2. The summed E-state index contributed by atoms with van der Waals surface area (Å²) in [5.74, 6) is -0.650. The summed E-state index contributed by atoms with van der Waals surface area (Å²) in [5.41, 5.74) is 5.28. The molecule has 0 aromatic heterocycles. The number of anilines is 1. The highest BCUT2D eigenvalue weighted by Gasteiger charge is 2.12. The number of hydrogen-bond donors (Lipinski definition) is 2. The van der Waals surface area contributed by atoms with Gasteiger partial charge < -0.3 is 5.32 Å². The predicted molar refractivity (Wildman–Crippen MR) is 117 cm³/mol. The molecule has 0 fully saturated rings. The van der Waals surface area contributed by atoms with E-state index >= 15 is 0 Å². The fourth-order valence-electron chi connectivity index (χ4n) is 2.55. The van der Waals surface area contributed by atoms with E-state index in [1.54, 1.807) is 61.5 Å². The number of benzene rings is 3. The lowest BCUT2D eigenvalue weighted by atomic mass is 10.1. The molecule has 0 radical (unpaired) electrons. The maximum absolute atomic E-state index is 12.5. The van der Waals surface area contributed by atoms with Crippen LogP contribution in [-0.4, -0.2) is 17.5 Å². The third kappa shape index (κ3) is 5.44. The van der Waals surface area contributed by atoms with Crippen LogP contribution in [0.15, 0.2) is 77.9 Å². The molecule has 0 unspecified atom stereocenters. The average Bonchev–Trinajstić information content (AvgIpc) is 2.72. The van der Waals surface area contributed by atoms with E-state index in [0.29, 0.717) is 27.5 Å². The van der Waals surface area contributed by atoms with Gasteiger partial charge in [0.1, 0.15) is 0 Å². The molecule has 0 heterocycles. The summed E-state index contributed by atoms with van der Waals surface area (Å²) in [4.78, 5) is 24.6. The van der Waals surface area contributed by atoms with E-state index in [0.717, 1.165) is 5.56 Å². The molecule has 0 bridgehead atoms.